The van der Waals surface area contributed by atoms with Crippen molar-refractivity contribution in [2.24, 2.45) is 5.92 Å². The Balaban J connectivity index is 2.38. The van der Waals surface area contributed by atoms with Crippen LogP contribution in [0.25, 0.3) is 0 Å². The molecule has 0 atom stereocenters. The number of aldehydes is 1. The molecule has 0 aliphatic rings. The number of hydrogen-bond acceptors (Lipinski definition) is 2. The van der Waals surface area contributed by atoms with E-state index >= 15 is 0 Å². The lowest BCUT2D eigenvalue weighted by atomic mass is 10.2. The molecular formula is C11H18N2O. The van der Waals surface area contributed by atoms with E-state index in [-0.39, 0.29) is 0 Å². The SMILES string of the molecule is CC(C)Cn1cc(CCCC=O)cn1. The summed E-state index contributed by atoms with van der Waals surface area (Å²) in [6, 6.07) is 0. The van der Waals surface area contributed by atoms with Crippen molar-refractivity contribution in [1.82, 2.24) is 9.78 Å². The van der Waals surface area contributed by atoms with E-state index in [2.05, 4.69) is 25.1 Å². The van der Waals surface area contributed by atoms with Crippen LogP contribution in [0.15, 0.2) is 12.4 Å². The van der Waals surface area contributed by atoms with Gasteiger partial charge >= 0.3 is 0 Å². The van der Waals surface area contributed by atoms with Crippen molar-refractivity contribution in [3.05, 3.63) is 18.0 Å². The van der Waals surface area contributed by atoms with Gasteiger partial charge in [0.15, 0.2) is 0 Å². The summed E-state index contributed by atoms with van der Waals surface area (Å²) in [5.74, 6) is 0.623. The van der Waals surface area contributed by atoms with Crippen LogP contribution in [-0.4, -0.2) is 16.1 Å². The topological polar surface area (TPSA) is 34.9 Å². The highest BCUT2D eigenvalue weighted by molar-refractivity contribution is 5.49. The summed E-state index contributed by atoms with van der Waals surface area (Å²) in [5.41, 5.74) is 1.23. The maximum absolute atomic E-state index is 10.1. The van der Waals surface area contributed by atoms with Crippen molar-refractivity contribution in [2.45, 2.75) is 39.7 Å². The van der Waals surface area contributed by atoms with Crippen LogP contribution in [0.1, 0.15) is 32.3 Å². The van der Waals surface area contributed by atoms with E-state index in [0.29, 0.717) is 12.3 Å². The maximum atomic E-state index is 10.1. The quantitative estimate of drug-likeness (QED) is 0.513. The summed E-state index contributed by atoms with van der Waals surface area (Å²) >= 11 is 0. The fourth-order valence-corrected chi connectivity index (χ4v) is 1.40. The van der Waals surface area contributed by atoms with Crippen LogP contribution in [0, 0.1) is 5.92 Å². The van der Waals surface area contributed by atoms with E-state index in [1.165, 1.54) is 5.56 Å². The number of carbonyl (C=O) groups is 1. The molecular weight excluding hydrogens is 176 g/mol. The molecule has 0 saturated heterocycles. The van der Waals surface area contributed by atoms with Gasteiger partial charge in [-0.2, -0.15) is 5.10 Å². The lowest BCUT2D eigenvalue weighted by molar-refractivity contribution is -0.107. The number of nitrogens with zero attached hydrogens (tertiary/aromatic N) is 2. The molecule has 1 rings (SSSR count). The van der Waals surface area contributed by atoms with Gasteiger partial charge in [-0.25, -0.2) is 0 Å². The van der Waals surface area contributed by atoms with E-state index in [9.17, 15) is 4.79 Å². The summed E-state index contributed by atoms with van der Waals surface area (Å²) in [6.45, 7) is 5.31. The summed E-state index contributed by atoms with van der Waals surface area (Å²) in [6.07, 6.45) is 7.47. The van der Waals surface area contributed by atoms with E-state index < -0.39 is 0 Å². The number of hydrogen-bond donors (Lipinski definition) is 0. The smallest absolute Gasteiger partial charge is 0.120 e. The first-order chi connectivity index (χ1) is 6.72. The van der Waals surface area contributed by atoms with Crippen LogP contribution in [0.2, 0.25) is 0 Å². The number of rotatable bonds is 6. The van der Waals surface area contributed by atoms with Crippen molar-refractivity contribution >= 4 is 6.29 Å². The summed E-state index contributed by atoms with van der Waals surface area (Å²) < 4.78 is 1.97. The van der Waals surface area contributed by atoms with Crippen molar-refractivity contribution in [1.29, 1.82) is 0 Å². The number of carbonyl (C=O) groups excluding carboxylic acids is 1. The molecule has 0 spiro atoms. The zero-order valence-electron chi connectivity index (χ0n) is 8.94. The van der Waals surface area contributed by atoms with Crippen molar-refractivity contribution in [2.75, 3.05) is 0 Å². The third-order valence-electron chi connectivity index (χ3n) is 2.03. The number of aryl methyl sites for hydroxylation is 1. The van der Waals surface area contributed by atoms with Gasteiger partial charge in [-0.3, -0.25) is 4.68 Å². The average molecular weight is 194 g/mol. The van der Waals surface area contributed by atoms with Crippen molar-refractivity contribution in [3.8, 4) is 0 Å². The lowest BCUT2D eigenvalue weighted by Crippen LogP contribution is -2.04. The molecule has 0 amide bonds. The van der Waals surface area contributed by atoms with Gasteiger partial charge in [-0.1, -0.05) is 13.8 Å². The molecule has 1 heterocycles. The molecule has 0 aromatic carbocycles. The lowest BCUT2D eigenvalue weighted by Gasteiger charge is -2.03. The van der Waals surface area contributed by atoms with Gasteiger partial charge in [0.2, 0.25) is 0 Å². The van der Waals surface area contributed by atoms with Crippen molar-refractivity contribution < 1.29 is 4.79 Å². The third kappa shape index (κ3) is 3.73. The van der Waals surface area contributed by atoms with Crippen molar-refractivity contribution in [3.63, 3.8) is 0 Å². The molecule has 14 heavy (non-hydrogen) atoms. The largest absolute Gasteiger partial charge is 0.303 e. The minimum absolute atomic E-state index is 0.623. The molecule has 1 aromatic heterocycles. The summed E-state index contributed by atoms with van der Waals surface area (Å²) in [7, 11) is 0. The van der Waals surface area contributed by atoms with Gasteiger partial charge in [0.25, 0.3) is 0 Å². The second-order valence-electron chi connectivity index (χ2n) is 4.02. The predicted molar refractivity (Wildman–Crippen MR) is 56.1 cm³/mol. The monoisotopic (exact) mass is 194 g/mol. The first kappa shape index (κ1) is 11.0. The fourth-order valence-electron chi connectivity index (χ4n) is 1.40. The molecule has 78 valence electrons. The Labute approximate surface area is 85.1 Å². The van der Waals surface area contributed by atoms with Crippen LogP contribution in [0.3, 0.4) is 0 Å². The minimum atomic E-state index is 0.623. The summed E-state index contributed by atoms with van der Waals surface area (Å²) in [4.78, 5) is 10.1. The van der Waals surface area contributed by atoms with Crippen LogP contribution >= 0.6 is 0 Å². The molecule has 0 fully saturated rings. The van der Waals surface area contributed by atoms with Gasteiger partial charge in [-0.05, 0) is 24.3 Å². The van der Waals surface area contributed by atoms with Crippen LogP contribution < -0.4 is 0 Å². The Morgan fingerprint density at radius 2 is 2.36 bits per heavy atom. The molecule has 3 nitrogen and oxygen atoms in total. The Morgan fingerprint density at radius 3 is 3.00 bits per heavy atom. The number of unbranched alkanes of at least 4 members (excludes halogenated alkanes) is 1. The van der Waals surface area contributed by atoms with Crippen LogP contribution in [-0.2, 0) is 17.8 Å². The fraction of sp³-hybridized carbons (Fsp3) is 0.636. The molecule has 0 aliphatic heterocycles. The highest BCUT2D eigenvalue weighted by atomic mass is 16.1. The molecule has 0 N–H and O–H groups in total. The highest BCUT2D eigenvalue weighted by Gasteiger charge is 2.00. The van der Waals surface area contributed by atoms with Gasteiger partial charge in [0, 0.05) is 19.2 Å². The Hall–Kier alpha value is -1.12. The normalized spacial score (nSPS) is 10.8. The molecule has 0 unspecified atom stereocenters. The molecule has 3 heteroatoms. The molecule has 0 bridgehead atoms. The van der Waals surface area contributed by atoms with E-state index in [1.54, 1.807) is 0 Å². The van der Waals surface area contributed by atoms with Crippen LogP contribution in [0.5, 0.6) is 0 Å². The maximum Gasteiger partial charge on any atom is 0.120 e. The first-order valence-corrected chi connectivity index (χ1v) is 5.17. The number of aromatic nitrogens is 2. The van der Waals surface area contributed by atoms with Crippen LogP contribution in [0.4, 0.5) is 0 Å². The molecule has 0 radical (unpaired) electrons. The molecule has 1 aromatic rings. The average Bonchev–Trinajstić information content (AvgIpc) is 2.52. The summed E-state index contributed by atoms with van der Waals surface area (Å²) in [5, 5.41) is 4.26. The molecule has 0 saturated carbocycles. The van der Waals surface area contributed by atoms with Gasteiger partial charge in [-0.15, -0.1) is 0 Å². The standard InChI is InChI=1S/C11H18N2O/c1-10(2)8-13-9-11(7-12-13)5-3-4-6-14/h6-7,9-10H,3-5,8H2,1-2H3. The Kier molecular flexibility index (Phi) is 4.36. The van der Waals surface area contributed by atoms with Gasteiger partial charge in [0.1, 0.15) is 6.29 Å². The Morgan fingerprint density at radius 1 is 1.57 bits per heavy atom. The molecule has 0 aliphatic carbocycles. The predicted octanol–water partition coefficient (Wildman–Crippen LogP) is 2.06. The second kappa shape index (κ2) is 5.58. The van der Waals surface area contributed by atoms with E-state index in [4.69, 9.17) is 0 Å². The van der Waals surface area contributed by atoms with Gasteiger partial charge in [0.05, 0.1) is 6.20 Å². The van der Waals surface area contributed by atoms with E-state index in [0.717, 1.165) is 25.7 Å². The zero-order chi connectivity index (χ0) is 10.4. The highest BCUT2D eigenvalue weighted by Crippen LogP contribution is 2.05. The van der Waals surface area contributed by atoms with E-state index in [1.807, 2.05) is 10.9 Å². The first-order valence-electron chi connectivity index (χ1n) is 5.17. The van der Waals surface area contributed by atoms with Gasteiger partial charge < -0.3 is 4.79 Å². The second-order valence-corrected chi connectivity index (χ2v) is 4.02. The Bertz CT molecular complexity index is 279. The third-order valence-corrected chi connectivity index (χ3v) is 2.03. The minimum Gasteiger partial charge on any atom is -0.303 e. The zero-order valence-corrected chi connectivity index (χ0v) is 8.94.